The average Bonchev–Trinajstić information content (AvgIpc) is 2.26. The zero-order valence-corrected chi connectivity index (χ0v) is 10.3. The van der Waals surface area contributed by atoms with Crippen LogP contribution in [0.1, 0.15) is 5.56 Å². The summed E-state index contributed by atoms with van der Waals surface area (Å²) < 4.78 is 0. The summed E-state index contributed by atoms with van der Waals surface area (Å²) in [6.45, 7) is 0.169. The lowest BCUT2D eigenvalue weighted by Gasteiger charge is -2.08. The Morgan fingerprint density at radius 1 is 1.56 bits per heavy atom. The summed E-state index contributed by atoms with van der Waals surface area (Å²) in [6.07, 6.45) is 0. The van der Waals surface area contributed by atoms with E-state index in [-0.39, 0.29) is 12.5 Å². The molecule has 86 valence electrons. The molecule has 0 unspecified atom stereocenters. The van der Waals surface area contributed by atoms with Crippen molar-refractivity contribution in [1.82, 2.24) is 5.32 Å². The van der Waals surface area contributed by atoms with Crippen molar-refractivity contribution in [3.05, 3.63) is 28.8 Å². The number of carbonyl (C=O) groups excluding carboxylic acids is 1. The van der Waals surface area contributed by atoms with E-state index in [1.807, 2.05) is 0 Å². The Morgan fingerprint density at radius 3 is 2.75 bits per heavy atom. The molecule has 0 heterocycles. The predicted octanol–water partition coefficient (Wildman–Crippen LogP) is 1.13. The number of nitrogens with one attached hydrogen (secondary N) is 2. The second-order valence-corrected chi connectivity index (χ2v) is 3.93. The van der Waals surface area contributed by atoms with Crippen LogP contribution in [0.25, 0.3) is 0 Å². The molecule has 4 N–H and O–H groups in total. The zero-order valence-electron chi connectivity index (χ0n) is 8.71. The number of halogens is 1. The average molecular weight is 258 g/mol. The maximum atomic E-state index is 11.0. The molecule has 16 heavy (non-hydrogen) atoms. The lowest BCUT2D eigenvalue weighted by Crippen LogP contribution is -2.26. The molecule has 6 heteroatoms. The molecule has 4 nitrogen and oxygen atoms in total. The van der Waals surface area contributed by atoms with Crippen LogP contribution >= 0.6 is 23.8 Å². The van der Waals surface area contributed by atoms with E-state index in [4.69, 9.17) is 29.6 Å². The fourth-order valence-corrected chi connectivity index (χ4v) is 1.45. The summed E-state index contributed by atoms with van der Waals surface area (Å²) in [5.74, 6) is -0.116. The van der Waals surface area contributed by atoms with E-state index in [2.05, 4.69) is 10.6 Å². The number of anilines is 1. The quantitative estimate of drug-likeness (QED) is 0.708. The molecule has 1 aromatic rings. The van der Waals surface area contributed by atoms with E-state index in [0.29, 0.717) is 21.3 Å². The van der Waals surface area contributed by atoms with Gasteiger partial charge in [-0.25, -0.2) is 0 Å². The van der Waals surface area contributed by atoms with Crippen molar-refractivity contribution < 1.29 is 4.79 Å². The van der Waals surface area contributed by atoms with E-state index >= 15 is 0 Å². The van der Waals surface area contributed by atoms with E-state index < -0.39 is 0 Å². The van der Waals surface area contributed by atoms with Crippen LogP contribution in [0.4, 0.5) is 5.69 Å². The number of amides is 1. The second kappa shape index (κ2) is 5.67. The van der Waals surface area contributed by atoms with Gasteiger partial charge >= 0.3 is 0 Å². The van der Waals surface area contributed by atoms with Crippen LogP contribution in [0.5, 0.6) is 0 Å². The highest BCUT2D eigenvalue weighted by Gasteiger charge is 2.04. The fraction of sp³-hybridized carbons (Fsp3) is 0.200. The lowest BCUT2D eigenvalue weighted by atomic mass is 10.2. The third kappa shape index (κ3) is 3.36. The summed E-state index contributed by atoms with van der Waals surface area (Å²) in [5.41, 5.74) is 6.84. The van der Waals surface area contributed by atoms with Gasteiger partial charge in [-0.05, 0) is 18.2 Å². The molecular weight excluding hydrogens is 246 g/mol. The predicted molar refractivity (Wildman–Crippen MR) is 69.9 cm³/mol. The summed E-state index contributed by atoms with van der Waals surface area (Å²) in [5, 5.41) is 5.88. The number of carbonyl (C=O) groups is 1. The molecule has 0 fully saturated rings. The van der Waals surface area contributed by atoms with Crippen molar-refractivity contribution in [3.8, 4) is 0 Å². The van der Waals surface area contributed by atoms with Crippen LogP contribution < -0.4 is 16.4 Å². The number of thiocarbonyl (C=S) groups is 1. The van der Waals surface area contributed by atoms with Gasteiger partial charge in [0.05, 0.1) is 17.3 Å². The highest BCUT2D eigenvalue weighted by Crippen LogP contribution is 2.22. The van der Waals surface area contributed by atoms with Gasteiger partial charge in [-0.2, -0.15) is 0 Å². The minimum absolute atomic E-state index is 0.116. The van der Waals surface area contributed by atoms with E-state index in [1.54, 1.807) is 25.2 Å². The molecule has 0 bridgehead atoms. The van der Waals surface area contributed by atoms with Gasteiger partial charge < -0.3 is 16.4 Å². The Labute approximate surface area is 104 Å². The largest absolute Gasteiger partial charge is 0.389 e. The number of benzene rings is 1. The third-order valence-electron chi connectivity index (χ3n) is 1.97. The highest BCUT2D eigenvalue weighted by molar-refractivity contribution is 7.80. The first-order valence-electron chi connectivity index (χ1n) is 4.58. The molecule has 0 aromatic heterocycles. The molecule has 0 saturated heterocycles. The molecule has 1 rings (SSSR count). The number of hydrogen-bond acceptors (Lipinski definition) is 3. The number of rotatable bonds is 4. The highest BCUT2D eigenvalue weighted by atomic mass is 35.5. The lowest BCUT2D eigenvalue weighted by molar-refractivity contribution is -0.118. The standard InChI is InChI=1S/C10H12ClN3OS/c1-13-9(15)5-14-8-3-2-6(10(12)16)4-7(8)11/h2-4,14H,5H2,1H3,(H2,12,16)(H,13,15). The molecule has 0 spiro atoms. The Bertz CT molecular complexity index is 423. The third-order valence-corrected chi connectivity index (χ3v) is 2.52. The van der Waals surface area contributed by atoms with Crippen molar-refractivity contribution >= 4 is 40.4 Å². The number of nitrogens with two attached hydrogens (primary N) is 1. The van der Waals surface area contributed by atoms with Gasteiger partial charge in [0.15, 0.2) is 0 Å². The van der Waals surface area contributed by atoms with Gasteiger partial charge in [0, 0.05) is 12.6 Å². The first-order chi connectivity index (χ1) is 7.54. The molecule has 0 radical (unpaired) electrons. The Balaban J connectivity index is 2.75. The first-order valence-corrected chi connectivity index (χ1v) is 5.37. The van der Waals surface area contributed by atoms with Crippen molar-refractivity contribution in [2.45, 2.75) is 0 Å². The van der Waals surface area contributed by atoms with E-state index in [0.717, 1.165) is 0 Å². The Morgan fingerprint density at radius 2 is 2.25 bits per heavy atom. The van der Waals surface area contributed by atoms with Gasteiger partial charge in [0.25, 0.3) is 0 Å². The van der Waals surface area contributed by atoms with Crippen molar-refractivity contribution in [1.29, 1.82) is 0 Å². The SMILES string of the molecule is CNC(=O)CNc1ccc(C(N)=S)cc1Cl. The molecular formula is C10H12ClN3OS. The molecule has 1 aromatic carbocycles. The van der Waals surface area contributed by atoms with Crippen LogP contribution in [0.15, 0.2) is 18.2 Å². The summed E-state index contributed by atoms with van der Waals surface area (Å²) in [4.78, 5) is 11.3. The van der Waals surface area contributed by atoms with Crippen LogP contribution in [-0.2, 0) is 4.79 Å². The minimum Gasteiger partial charge on any atom is -0.389 e. The molecule has 0 aliphatic carbocycles. The maximum absolute atomic E-state index is 11.0. The van der Waals surface area contributed by atoms with Gasteiger partial charge in [0.2, 0.25) is 5.91 Å². The van der Waals surface area contributed by atoms with Gasteiger partial charge in [-0.1, -0.05) is 23.8 Å². The smallest absolute Gasteiger partial charge is 0.239 e. The van der Waals surface area contributed by atoms with Crippen LogP contribution in [0.2, 0.25) is 5.02 Å². The van der Waals surface area contributed by atoms with Crippen LogP contribution in [0, 0.1) is 0 Å². The van der Waals surface area contributed by atoms with E-state index in [9.17, 15) is 4.79 Å². The number of likely N-dealkylation sites (N-methyl/N-ethyl adjacent to an activating group) is 1. The maximum Gasteiger partial charge on any atom is 0.239 e. The number of hydrogen-bond donors (Lipinski definition) is 3. The molecule has 0 aliphatic heterocycles. The van der Waals surface area contributed by atoms with Crippen molar-refractivity contribution in [2.24, 2.45) is 5.73 Å². The van der Waals surface area contributed by atoms with Gasteiger partial charge in [0.1, 0.15) is 4.99 Å². The molecule has 0 atom stereocenters. The van der Waals surface area contributed by atoms with Gasteiger partial charge in [-0.3, -0.25) is 4.79 Å². The second-order valence-electron chi connectivity index (χ2n) is 3.09. The van der Waals surface area contributed by atoms with Crippen molar-refractivity contribution in [3.63, 3.8) is 0 Å². The van der Waals surface area contributed by atoms with Crippen LogP contribution in [0.3, 0.4) is 0 Å². The Hall–Kier alpha value is -1.33. The monoisotopic (exact) mass is 257 g/mol. The summed E-state index contributed by atoms with van der Waals surface area (Å²) in [6, 6.07) is 5.15. The molecule has 0 saturated carbocycles. The zero-order chi connectivity index (χ0) is 12.1. The molecule has 1 amide bonds. The molecule has 0 aliphatic rings. The van der Waals surface area contributed by atoms with E-state index in [1.165, 1.54) is 0 Å². The fourth-order valence-electron chi connectivity index (χ4n) is 1.08. The first kappa shape index (κ1) is 12.7. The van der Waals surface area contributed by atoms with Crippen molar-refractivity contribution in [2.75, 3.05) is 18.9 Å². The van der Waals surface area contributed by atoms with Crippen LogP contribution in [-0.4, -0.2) is 24.5 Å². The Kier molecular flexibility index (Phi) is 4.52. The minimum atomic E-state index is -0.116. The summed E-state index contributed by atoms with van der Waals surface area (Å²) >= 11 is 10.8. The summed E-state index contributed by atoms with van der Waals surface area (Å²) in [7, 11) is 1.57. The normalized spacial score (nSPS) is 9.62. The topological polar surface area (TPSA) is 67.2 Å². The van der Waals surface area contributed by atoms with Gasteiger partial charge in [-0.15, -0.1) is 0 Å².